The normalized spacial score (nSPS) is 11.9. The molecule has 0 saturated heterocycles. The fourth-order valence-electron chi connectivity index (χ4n) is 1.89. The predicted octanol–water partition coefficient (Wildman–Crippen LogP) is 4.94. The van der Waals surface area contributed by atoms with Crippen LogP contribution in [0.25, 0.3) is 0 Å². The molecule has 2 N–H and O–H groups in total. The molecule has 0 bridgehead atoms. The van der Waals surface area contributed by atoms with Gasteiger partial charge >= 0.3 is 0 Å². The molecule has 0 aromatic heterocycles. The Morgan fingerprint density at radius 3 is 1.79 bits per heavy atom. The zero-order valence-corrected chi connectivity index (χ0v) is 14.3. The zero-order valence-electron chi connectivity index (χ0n) is 12.7. The van der Waals surface area contributed by atoms with Gasteiger partial charge in [0.25, 0.3) is 0 Å². The van der Waals surface area contributed by atoms with Gasteiger partial charge in [0.05, 0.1) is 6.04 Å². The molecular weight excluding hydrogens is 278 g/mol. The number of hydrogen-bond acceptors (Lipinski definition) is 3. The van der Waals surface area contributed by atoms with E-state index in [9.17, 15) is 4.79 Å². The second kappa shape index (κ2) is 16.3. The SMILES string of the molecule is CCCCCCCCCCCCSC(=O)C(C)N.Cl. The number of hydrogen-bond donors (Lipinski definition) is 1. The van der Waals surface area contributed by atoms with E-state index in [4.69, 9.17) is 5.73 Å². The zero-order chi connectivity index (χ0) is 13.6. The van der Waals surface area contributed by atoms with Gasteiger partial charge in [-0.2, -0.15) is 0 Å². The van der Waals surface area contributed by atoms with Crippen molar-refractivity contribution in [1.29, 1.82) is 0 Å². The molecule has 0 aliphatic rings. The van der Waals surface area contributed by atoms with Crippen molar-refractivity contribution in [3.63, 3.8) is 0 Å². The van der Waals surface area contributed by atoms with Crippen LogP contribution in [0.5, 0.6) is 0 Å². The van der Waals surface area contributed by atoms with Gasteiger partial charge in [-0.05, 0) is 13.3 Å². The van der Waals surface area contributed by atoms with E-state index in [2.05, 4.69) is 6.92 Å². The summed E-state index contributed by atoms with van der Waals surface area (Å²) in [6.07, 6.45) is 13.4. The summed E-state index contributed by atoms with van der Waals surface area (Å²) in [5, 5.41) is 0.130. The molecule has 0 radical (unpaired) electrons. The molecule has 0 amide bonds. The van der Waals surface area contributed by atoms with Crippen molar-refractivity contribution in [3.8, 4) is 0 Å². The van der Waals surface area contributed by atoms with E-state index in [1.54, 1.807) is 6.92 Å². The van der Waals surface area contributed by atoms with E-state index in [0.717, 1.165) is 12.2 Å². The van der Waals surface area contributed by atoms with Crippen molar-refractivity contribution in [2.24, 2.45) is 5.73 Å². The van der Waals surface area contributed by atoms with E-state index in [1.807, 2.05) is 0 Å². The number of halogens is 1. The van der Waals surface area contributed by atoms with Crippen molar-refractivity contribution in [1.82, 2.24) is 0 Å². The Balaban J connectivity index is 0. The summed E-state index contributed by atoms with van der Waals surface area (Å²) in [7, 11) is 0. The minimum atomic E-state index is -0.307. The Morgan fingerprint density at radius 1 is 0.947 bits per heavy atom. The number of carbonyl (C=O) groups excluding carboxylic acids is 1. The Hall–Kier alpha value is 0.270. The van der Waals surface area contributed by atoms with Gasteiger partial charge in [0.2, 0.25) is 5.12 Å². The van der Waals surface area contributed by atoms with E-state index in [1.165, 1.54) is 69.5 Å². The van der Waals surface area contributed by atoms with E-state index < -0.39 is 0 Å². The van der Waals surface area contributed by atoms with E-state index in [0.29, 0.717) is 0 Å². The molecule has 4 heteroatoms. The van der Waals surface area contributed by atoms with Gasteiger partial charge in [-0.1, -0.05) is 76.5 Å². The fraction of sp³-hybridized carbons (Fsp3) is 0.933. The lowest BCUT2D eigenvalue weighted by Gasteiger charge is -2.04. The molecule has 0 aliphatic heterocycles. The number of thioether (sulfide) groups is 1. The highest BCUT2D eigenvalue weighted by Gasteiger charge is 2.06. The first-order valence-corrected chi connectivity index (χ1v) is 8.59. The van der Waals surface area contributed by atoms with Crippen molar-refractivity contribution in [2.75, 3.05) is 5.75 Å². The van der Waals surface area contributed by atoms with E-state index in [-0.39, 0.29) is 23.6 Å². The largest absolute Gasteiger partial charge is 0.321 e. The number of carbonyl (C=O) groups is 1. The molecule has 0 aliphatic carbocycles. The smallest absolute Gasteiger partial charge is 0.205 e. The third-order valence-electron chi connectivity index (χ3n) is 3.11. The van der Waals surface area contributed by atoms with Crippen LogP contribution in [0.1, 0.15) is 78.1 Å². The highest BCUT2D eigenvalue weighted by atomic mass is 35.5. The summed E-state index contributed by atoms with van der Waals surface area (Å²) in [6.45, 7) is 4.02. The van der Waals surface area contributed by atoms with Crippen LogP contribution in [0.3, 0.4) is 0 Å². The maximum absolute atomic E-state index is 11.2. The van der Waals surface area contributed by atoms with Gasteiger partial charge in [0.1, 0.15) is 0 Å². The number of rotatable bonds is 12. The molecule has 0 heterocycles. The molecule has 0 fully saturated rings. The van der Waals surface area contributed by atoms with Crippen molar-refractivity contribution in [3.05, 3.63) is 0 Å². The summed E-state index contributed by atoms with van der Waals surface area (Å²) in [4.78, 5) is 11.2. The average molecular weight is 310 g/mol. The van der Waals surface area contributed by atoms with Gasteiger partial charge < -0.3 is 5.73 Å². The highest BCUT2D eigenvalue weighted by molar-refractivity contribution is 8.13. The molecule has 19 heavy (non-hydrogen) atoms. The molecular formula is C15H32ClNOS. The lowest BCUT2D eigenvalue weighted by atomic mass is 10.1. The maximum Gasteiger partial charge on any atom is 0.205 e. The standard InChI is InChI=1S/C15H31NOS.ClH/c1-3-4-5-6-7-8-9-10-11-12-13-18-15(17)14(2)16;/h14H,3-13,16H2,1-2H3;1H. The summed E-state index contributed by atoms with van der Waals surface area (Å²) in [5.41, 5.74) is 5.50. The topological polar surface area (TPSA) is 43.1 Å². The lowest BCUT2D eigenvalue weighted by Crippen LogP contribution is -2.24. The first-order valence-electron chi connectivity index (χ1n) is 7.60. The Kier molecular flexibility index (Phi) is 18.5. The first kappa shape index (κ1) is 21.6. The highest BCUT2D eigenvalue weighted by Crippen LogP contribution is 2.13. The summed E-state index contributed by atoms with van der Waals surface area (Å²) in [6, 6.07) is -0.307. The number of nitrogens with two attached hydrogens (primary N) is 1. The second-order valence-electron chi connectivity index (χ2n) is 5.14. The molecule has 1 unspecified atom stereocenters. The minimum Gasteiger partial charge on any atom is -0.321 e. The van der Waals surface area contributed by atoms with Gasteiger partial charge in [0.15, 0.2) is 0 Å². The van der Waals surface area contributed by atoms with Crippen LogP contribution in [-0.4, -0.2) is 16.9 Å². The molecule has 0 aromatic carbocycles. The third-order valence-corrected chi connectivity index (χ3v) is 4.26. The molecule has 116 valence electrons. The van der Waals surface area contributed by atoms with Crippen LogP contribution in [0.4, 0.5) is 0 Å². The van der Waals surface area contributed by atoms with Gasteiger partial charge in [-0.25, -0.2) is 0 Å². The van der Waals surface area contributed by atoms with Crippen LogP contribution < -0.4 is 5.73 Å². The summed E-state index contributed by atoms with van der Waals surface area (Å²) >= 11 is 1.40. The van der Waals surface area contributed by atoms with Crippen LogP contribution in [0, 0.1) is 0 Å². The lowest BCUT2D eigenvalue weighted by molar-refractivity contribution is -0.111. The molecule has 0 saturated carbocycles. The first-order chi connectivity index (χ1) is 8.68. The van der Waals surface area contributed by atoms with Gasteiger partial charge in [-0.15, -0.1) is 12.4 Å². The van der Waals surface area contributed by atoms with Crippen molar-refractivity contribution < 1.29 is 4.79 Å². The maximum atomic E-state index is 11.2. The van der Waals surface area contributed by atoms with Crippen LogP contribution in [-0.2, 0) is 4.79 Å². The van der Waals surface area contributed by atoms with Crippen molar-refractivity contribution in [2.45, 2.75) is 84.1 Å². The minimum absolute atomic E-state index is 0. The Labute approximate surface area is 130 Å². The van der Waals surface area contributed by atoms with Crippen LogP contribution in [0.15, 0.2) is 0 Å². The van der Waals surface area contributed by atoms with Gasteiger partial charge in [0, 0.05) is 5.75 Å². The monoisotopic (exact) mass is 309 g/mol. The molecule has 0 spiro atoms. The molecule has 0 rings (SSSR count). The molecule has 2 nitrogen and oxygen atoms in total. The molecule has 0 aromatic rings. The van der Waals surface area contributed by atoms with Crippen molar-refractivity contribution >= 4 is 29.3 Å². The van der Waals surface area contributed by atoms with Crippen LogP contribution in [0.2, 0.25) is 0 Å². The van der Waals surface area contributed by atoms with Crippen LogP contribution >= 0.6 is 24.2 Å². The summed E-state index contributed by atoms with van der Waals surface area (Å²) in [5.74, 6) is 0.941. The summed E-state index contributed by atoms with van der Waals surface area (Å²) < 4.78 is 0. The average Bonchev–Trinajstić information content (AvgIpc) is 2.35. The molecule has 1 atom stereocenters. The third kappa shape index (κ3) is 16.2. The van der Waals surface area contributed by atoms with E-state index >= 15 is 0 Å². The van der Waals surface area contributed by atoms with Gasteiger partial charge in [-0.3, -0.25) is 4.79 Å². The predicted molar refractivity (Wildman–Crippen MR) is 90.2 cm³/mol. The fourth-order valence-corrected chi connectivity index (χ4v) is 2.71. The number of unbranched alkanes of at least 4 members (excludes halogenated alkanes) is 9. The Morgan fingerprint density at radius 2 is 1.37 bits per heavy atom. The Bertz CT molecular complexity index is 201. The quantitative estimate of drug-likeness (QED) is 0.519. The second-order valence-corrected chi connectivity index (χ2v) is 6.24.